The molecule has 0 N–H and O–H groups in total. The average Bonchev–Trinajstić information content (AvgIpc) is 3.00. The van der Waals surface area contributed by atoms with E-state index in [1.807, 2.05) is 12.1 Å². The predicted octanol–water partition coefficient (Wildman–Crippen LogP) is 7.25. The normalized spacial score (nSPS) is 15.7. The molecule has 0 fully saturated rings. The van der Waals surface area contributed by atoms with E-state index in [9.17, 15) is 4.79 Å². The Bertz CT molecular complexity index is 1060. The van der Waals surface area contributed by atoms with Crippen molar-refractivity contribution in [2.75, 3.05) is 0 Å². The molecule has 1 aliphatic carbocycles. The summed E-state index contributed by atoms with van der Waals surface area (Å²) in [5.41, 5.74) is 10.0. The van der Waals surface area contributed by atoms with E-state index in [1.54, 1.807) is 0 Å². The average molecular weight is 383 g/mol. The van der Waals surface area contributed by atoms with Gasteiger partial charge in [0.05, 0.1) is 0 Å². The van der Waals surface area contributed by atoms with Crippen molar-refractivity contribution in [1.29, 1.82) is 0 Å². The fraction of sp³-hybridized carbons (Fsp3) is 0.321. The Morgan fingerprint density at radius 2 is 1.28 bits per heavy atom. The van der Waals surface area contributed by atoms with Gasteiger partial charge in [-0.3, -0.25) is 4.79 Å². The van der Waals surface area contributed by atoms with Crippen molar-refractivity contribution in [3.63, 3.8) is 0 Å². The van der Waals surface area contributed by atoms with Crippen molar-refractivity contribution >= 4 is 6.29 Å². The zero-order valence-corrected chi connectivity index (χ0v) is 18.3. The Kier molecular flexibility index (Phi) is 4.53. The van der Waals surface area contributed by atoms with E-state index in [0.717, 1.165) is 11.8 Å². The van der Waals surface area contributed by atoms with E-state index >= 15 is 0 Å². The van der Waals surface area contributed by atoms with Gasteiger partial charge in [0.2, 0.25) is 0 Å². The third-order valence-corrected chi connectivity index (χ3v) is 6.11. The monoisotopic (exact) mass is 382 g/mol. The summed E-state index contributed by atoms with van der Waals surface area (Å²) in [5, 5.41) is 0. The van der Waals surface area contributed by atoms with Crippen molar-refractivity contribution in [3.05, 3.63) is 94.0 Å². The molecule has 0 aromatic heterocycles. The van der Waals surface area contributed by atoms with Gasteiger partial charge in [-0.15, -0.1) is 0 Å². The molecule has 1 unspecified atom stereocenters. The molecule has 3 aromatic rings. The second kappa shape index (κ2) is 6.69. The number of hydrogen-bond donors (Lipinski definition) is 0. The lowest BCUT2D eigenvalue weighted by atomic mass is 9.77. The van der Waals surface area contributed by atoms with Crippen molar-refractivity contribution < 1.29 is 4.79 Å². The van der Waals surface area contributed by atoms with E-state index < -0.39 is 0 Å². The van der Waals surface area contributed by atoms with Gasteiger partial charge >= 0.3 is 0 Å². The van der Waals surface area contributed by atoms with Gasteiger partial charge in [0, 0.05) is 11.5 Å². The molecule has 0 spiro atoms. The lowest BCUT2D eigenvalue weighted by Crippen LogP contribution is -2.18. The number of hydrogen-bond acceptors (Lipinski definition) is 1. The number of benzene rings is 3. The van der Waals surface area contributed by atoms with E-state index in [0.29, 0.717) is 0 Å². The highest BCUT2D eigenvalue weighted by Gasteiger charge is 2.31. The van der Waals surface area contributed by atoms with E-state index in [4.69, 9.17) is 0 Å². The van der Waals surface area contributed by atoms with Crippen molar-refractivity contribution in [2.45, 2.75) is 58.3 Å². The summed E-state index contributed by atoms with van der Waals surface area (Å²) in [4.78, 5) is 11.4. The maximum absolute atomic E-state index is 11.4. The molecule has 3 aromatic carbocycles. The van der Waals surface area contributed by atoms with Crippen molar-refractivity contribution in [3.8, 4) is 11.1 Å². The van der Waals surface area contributed by atoms with Gasteiger partial charge in [-0.05, 0) is 55.8 Å². The largest absolute Gasteiger partial charge is 0.298 e. The highest BCUT2D eigenvalue weighted by atomic mass is 16.1. The van der Waals surface area contributed by atoms with Gasteiger partial charge in [-0.25, -0.2) is 0 Å². The molecule has 0 radical (unpaired) electrons. The van der Waals surface area contributed by atoms with Crippen LogP contribution in [0.1, 0.15) is 85.6 Å². The first-order valence-electron chi connectivity index (χ1n) is 10.4. The van der Waals surface area contributed by atoms with Crippen LogP contribution in [0.15, 0.2) is 60.7 Å². The first-order valence-corrected chi connectivity index (χ1v) is 10.4. The fourth-order valence-electron chi connectivity index (χ4n) is 4.34. The molecule has 29 heavy (non-hydrogen) atoms. The third kappa shape index (κ3) is 3.44. The summed E-state index contributed by atoms with van der Waals surface area (Å²) in [6.45, 7) is 13.7. The molecule has 4 rings (SSSR count). The van der Waals surface area contributed by atoms with Crippen LogP contribution < -0.4 is 0 Å². The van der Waals surface area contributed by atoms with Crippen LogP contribution in [-0.2, 0) is 10.8 Å². The van der Waals surface area contributed by atoms with Gasteiger partial charge in [-0.1, -0.05) is 96.1 Å². The predicted molar refractivity (Wildman–Crippen MR) is 122 cm³/mol. The Morgan fingerprint density at radius 3 is 1.86 bits per heavy atom. The molecule has 0 aliphatic heterocycles. The summed E-state index contributed by atoms with van der Waals surface area (Å²) in [6, 6.07) is 21.9. The molecular weight excluding hydrogens is 352 g/mol. The molecule has 0 bridgehead atoms. The minimum atomic E-state index is 0.0817. The Labute approximate surface area is 174 Å². The molecule has 1 atom stereocenters. The lowest BCUT2D eigenvalue weighted by molar-refractivity contribution is 0.112. The standard InChI is InChI=1S/C28H30O/c1-27(2,3)20-14-19(15-21(16-20)28(4,5)6)26-23-10-8-7-9-22(23)25-13-18(17-29)11-12-24(25)26/h7-17,26H,1-6H3. The molecule has 1 heteroatoms. The number of carbonyl (C=O) groups excluding carboxylic acids is 1. The number of rotatable bonds is 2. The second-order valence-corrected chi connectivity index (χ2v) is 10.3. The molecule has 0 saturated heterocycles. The van der Waals surface area contributed by atoms with Gasteiger partial charge in [0.25, 0.3) is 0 Å². The molecule has 0 amide bonds. The Hall–Kier alpha value is -2.67. The van der Waals surface area contributed by atoms with Gasteiger partial charge in [0.1, 0.15) is 6.29 Å². The van der Waals surface area contributed by atoms with Crippen LogP contribution in [-0.4, -0.2) is 6.29 Å². The SMILES string of the molecule is CC(C)(C)c1cc(C2c3ccccc3-c3cc(C=O)ccc32)cc(C(C)(C)C)c1. The minimum absolute atomic E-state index is 0.0817. The van der Waals surface area contributed by atoms with Crippen LogP contribution in [0.25, 0.3) is 11.1 Å². The molecule has 1 nitrogen and oxygen atoms in total. The van der Waals surface area contributed by atoms with Gasteiger partial charge < -0.3 is 0 Å². The molecular formula is C28H30O. The van der Waals surface area contributed by atoms with Crippen LogP contribution in [0.5, 0.6) is 0 Å². The molecule has 0 heterocycles. The quantitative estimate of drug-likeness (QED) is 0.334. The van der Waals surface area contributed by atoms with Gasteiger partial charge in [0.15, 0.2) is 0 Å². The topological polar surface area (TPSA) is 17.1 Å². The fourth-order valence-corrected chi connectivity index (χ4v) is 4.34. The zero-order valence-electron chi connectivity index (χ0n) is 18.3. The van der Waals surface area contributed by atoms with Crippen LogP contribution in [0.2, 0.25) is 0 Å². The summed E-state index contributed by atoms with van der Waals surface area (Å²) < 4.78 is 0. The minimum Gasteiger partial charge on any atom is -0.298 e. The molecule has 148 valence electrons. The van der Waals surface area contributed by atoms with Crippen LogP contribution in [0.4, 0.5) is 0 Å². The number of carbonyl (C=O) groups is 1. The zero-order chi connectivity index (χ0) is 21.0. The highest BCUT2D eigenvalue weighted by Crippen LogP contribution is 2.49. The second-order valence-electron chi connectivity index (χ2n) is 10.3. The maximum atomic E-state index is 11.4. The Morgan fingerprint density at radius 1 is 0.690 bits per heavy atom. The van der Waals surface area contributed by atoms with Crippen LogP contribution in [0, 0.1) is 0 Å². The van der Waals surface area contributed by atoms with E-state index in [-0.39, 0.29) is 16.7 Å². The van der Waals surface area contributed by atoms with E-state index in [1.165, 1.54) is 38.9 Å². The first-order chi connectivity index (χ1) is 13.6. The first kappa shape index (κ1) is 19.6. The van der Waals surface area contributed by atoms with Crippen molar-refractivity contribution in [2.24, 2.45) is 0 Å². The molecule has 1 aliphatic rings. The Balaban J connectivity index is 1.99. The van der Waals surface area contributed by atoms with Crippen molar-refractivity contribution in [1.82, 2.24) is 0 Å². The third-order valence-electron chi connectivity index (χ3n) is 6.11. The number of fused-ring (bicyclic) bond motifs is 3. The van der Waals surface area contributed by atoms with Gasteiger partial charge in [-0.2, -0.15) is 0 Å². The van der Waals surface area contributed by atoms with E-state index in [2.05, 4.69) is 90.1 Å². The summed E-state index contributed by atoms with van der Waals surface area (Å²) in [6.07, 6.45) is 0.939. The maximum Gasteiger partial charge on any atom is 0.150 e. The smallest absolute Gasteiger partial charge is 0.150 e. The number of aldehydes is 1. The highest BCUT2D eigenvalue weighted by molar-refractivity contribution is 5.86. The molecule has 0 saturated carbocycles. The lowest BCUT2D eigenvalue weighted by Gasteiger charge is -2.28. The summed E-state index contributed by atoms with van der Waals surface area (Å²) >= 11 is 0. The van der Waals surface area contributed by atoms with Crippen LogP contribution >= 0.6 is 0 Å². The summed E-state index contributed by atoms with van der Waals surface area (Å²) in [5.74, 6) is 0.199. The van der Waals surface area contributed by atoms with Crippen LogP contribution in [0.3, 0.4) is 0 Å². The summed E-state index contributed by atoms with van der Waals surface area (Å²) in [7, 11) is 0.